The van der Waals surface area contributed by atoms with Gasteiger partial charge in [-0.2, -0.15) is 0 Å². The Morgan fingerprint density at radius 1 is 0.947 bits per heavy atom. The molecule has 2 heteroatoms. The van der Waals surface area contributed by atoms with Gasteiger partial charge in [0.2, 0.25) is 0 Å². The van der Waals surface area contributed by atoms with E-state index in [0.717, 1.165) is 12.2 Å². The third-order valence-corrected chi connectivity index (χ3v) is 4.43. The van der Waals surface area contributed by atoms with E-state index in [1.165, 1.54) is 10.5 Å². The molecular weight excluding hydrogens is 250 g/mol. The van der Waals surface area contributed by atoms with Crippen LogP contribution in [0, 0.1) is 5.92 Å². The fraction of sp³-hybridized carbons (Fsp3) is 0.294. The number of nitrogens with two attached hydrogens (primary N) is 1. The van der Waals surface area contributed by atoms with Gasteiger partial charge in [-0.3, -0.25) is 0 Å². The lowest BCUT2D eigenvalue weighted by molar-refractivity contribution is 0.460. The van der Waals surface area contributed by atoms with E-state index in [1.807, 2.05) is 17.8 Å². The van der Waals surface area contributed by atoms with Crippen molar-refractivity contribution >= 4 is 11.8 Å². The van der Waals surface area contributed by atoms with Crippen LogP contribution >= 0.6 is 11.8 Å². The minimum atomic E-state index is 0.137. The summed E-state index contributed by atoms with van der Waals surface area (Å²) in [7, 11) is 0. The molecule has 0 saturated heterocycles. The zero-order valence-electron chi connectivity index (χ0n) is 11.3. The Labute approximate surface area is 120 Å². The van der Waals surface area contributed by atoms with Gasteiger partial charge in [0, 0.05) is 10.9 Å². The summed E-state index contributed by atoms with van der Waals surface area (Å²) in [6.07, 6.45) is 1.13. The Morgan fingerprint density at radius 2 is 1.53 bits per heavy atom. The van der Waals surface area contributed by atoms with Crippen LogP contribution < -0.4 is 5.73 Å². The summed E-state index contributed by atoms with van der Waals surface area (Å²) in [6, 6.07) is 21.1. The third kappa shape index (κ3) is 4.41. The molecule has 2 unspecified atom stereocenters. The number of hydrogen-bond acceptors (Lipinski definition) is 2. The first-order valence-electron chi connectivity index (χ1n) is 6.76. The molecule has 0 radical (unpaired) electrons. The van der Waals surface area contributed by atoms with Gasteiger partial charge >= 0.3 is 0 Å². The van der Waals surface area contributed by atoms with E-state index >= 15 is 0 Å². The molecule has 2 atom stereocenters. The molecule has 1 nitrogen and oxygen atoms in total. The molecule has 0 aliphatic heterocycles. The molecule has 0 aliphatic carbocycles. The summed E-state index contributed by atoms with van der Waals surface area (Å²) in [5.41, 5.74) is 7.54. The van der Waals surface area contributed by atoms with Crippen molar-refractivity contribution < 1.29 is 0 Å². The summed E-state index contributed by atoms with van der Waals surface area (Å²) < 4.78 is 0. The Bertz CT molecular complexity index is 469. The van der Waals surface area contributed by atoms with Crippen LogP contribution in [0.1, 0.15) is 24.9 Å². The first kappa shape index (κ1) is 14.2. The van der Waals surface area contributed by atoms with Gasteiger partial charge in [-0.05, 0) is 35.8 Å². The number of thioether (sulfide) groups is 1. The molecule has 100 valence electrons. The quantitative estimate of drug-likeness (QED) is 0.783. The highest BCUT2D eigenvalue weighted by molar-refractivity contribution is 7.99. The van der Waals surface area contributed by atoms with Crippen molar-refractivity contribution in [1.29, 1.82) is 0 Å². The summed E-state index contributed by atoms with van der Waals surface area (Å²) in [5, 5.41) is 0. The molecule has 19 heavy (non-hydrogen) atoms. The smallest absolute Gasteiger partial charge is 0.0321 e. The Hall–Kier alpha value is -1.25. The van der Waals surface area contributed by atoms with Gasteiger partial charge in [0.15, 0.2) is 0 Å². The van der Waals surface area contributed by atoms with Crippen molar-refractivity contribution in [2.45, 2.75) is 24.3 Å². The van der Waals surface area contributed by atoms with Crippen molar-refractivity contribution in [2.24, 2.45) is 11.7 Å². The lowest BCUT2D eigenvalue weighted by Gasteiger charge is -2.20. The van der Waals surface area contributed by atoms with Gasteiger partial charge in [-0.15, -0.1) is 11.8 Å². The lowest BCUT2D eigenvalue weighted by Crippen LogP contribution is -2.19. The highest BCUT2D eigenvalue weighted by Crippen LogP contribution is 2.25. The molecule has 2 aromatic rings. The fourth-order valence-electron chi connectivity index (χ4n) is 2.06. The molecule has 2 rings (SSSR count). The molecule has 2 N–H and O–H groups in total. The Balaban J connectivity index is 1.80. The second-order valence-electron chi connectivity index (χ2n) is 4.86. The van der Waals surface area contributed by atoms with Gasteiger partial charge < -0.3 is 5.73 Å². The molecule has 0 fully saturated rings. The average Bonchev–Trinajstić information content (AvgIpc) is 2.48. The largest absolute Gasteiger partial charge is 0.324 e. The van der Waals surface area contributed by atoms with Gasteiger partial charge in [0.25, 0.3) is 0 Å². The van der Waals surface area contributed by atoms with Crippen LogP contribution in [0.2, 0.25) is 0 Å². The van der Waals surface area contributed by atoms with Crippen molar-refractivity contribution in [3.63, 3.8) is 0 Å². The van der Waals surface area contributed by atoms with Crippen molar-refractivity contribution in [3.8, 4) is 0 Å². The van der Waals surface area contributed by atoms with Crippen LogP contribution in [0.25, 0.3) is 0 Å². The zero-order valence-corrected chi connectivity index (χ0v) is 12.1. The second kappa shape index (κ2) is 7.37. The Morgan fingerprint density at radius 3 is 2.16 bits per heavy atom. The van der Waals surface area contributed by atoms with E-state index in [1.54, 1.807) is 0 Å². The maximum absolute atomic E-state index is 6.31. The van der Waals surface area contributed by atoms with E-state index in [9.17, 15) is 0 Å². The first-order valence-corrected chi connectivity index (χ1v) is 7.74. The predicted molar refractivity (Wildman–Crippen MR) is 84.3 cm³/mol. The molecule has 0 bridgehead atoms. The number of benzene rings is 2. The van der Waals surface area contributed by atoms with Crippen LogP contribution in [0.15, 0.2) is 65.6 Å². The van der Waals surface area contributed by atoms with Gasteiger partial charge in [0.1, 0.15) is 0 Å². The Kier molecular flexibility index (Phi) is 5.49. The molecule has 2 aromatic carbocycles. The average molecular weight is 271 g/mol. The third-order valence-electron chi connectivity index (χ3n) is 3.38. The van der Waals surface area contributed by atoms with Gasteiger partial charge in [-0.1, -0.05) is 55.5 Å². The summed E-state index contributed by atoms with van der Waals surface area (Å²) >= 11 is 1.91. The van der Waals surface area contributed by atoms with Crippen molar-refractivity contribution in [2.75, 3.05) is 5.75 Å². The number of rotatable bonds is 6. The van der Waals surface area contributed by atoms with E-state index in [2.05, 4.69) is 61.5 Å². The van der Waals surface area contributed by atoms with Gasteiger partial charge in [0.05, 0.1) is 0 Å². The topological polar surface area (TPSA) is 26.0 Å². The van der Waals surface area contributed by atoms with Crippen molar-refractivity contribution in [3.05, 3.63) is 66.2 Å². The lowest BCUT2D eigenvalue weighted by atomic mass is 9.93. The number of hydrogen-bond donors (Lipinski definition) is 1. The molecule has 0 aromatic heterocycles. The highest BCUT2D eigenvalue weighted by Gasteiger charge is 2.14. The monoisotopic (exact) mass is 271 g/mol. The first-order chi connectivity index (χ1) is 9.27. The van der Waals surface area contributed by atoms with Crippen LogP contribution in [0.4, 0.5) is 0 Å². The highest BCUT2D eigenvalue weighted by atomic mass is 32.2. The summed E-state index contributed by atoms with van der Waals surface area (Å²) in [6.45, 7) is 2.24. The summed E-state index contributed by atoms with van der Waals surface area (Å²) in [5.74, 6) is 1.62. The molecule has 0 amide bonds. The minimum Gasteiger partial charge on any atom is -0.324 e. The van der Waals surface area contributed by atoms with E-state index in [0.29, 0.717) is 5.92 Å². The second-order valence-corrected chi connectivity index (χ2v) is 6.03. The van der Waals surface area contributed by atoms with Crippen molar-refractivity contribution in [1.82, 2.24) is 0 Å². The normalized spacial score (nSPS) is 14.0. The maximum atomic E-state index is 6.31. The molecule has 0 aliphatic rings. The van der Waals surface area contributed by atoms with Gasteiger partial charge in [-0.25, -0.2) is 0 Å². The SMILES string of the molecule is CC(CCSc1ccccc1)C(N)c1ccccc1. The molecule has 0 spiro atoms. The molecule has 0 saturated carbocycles. The van der Waals surface area contributed by atoms with Crippen LogP contribution in [0.3, 0.4) is 0 Å². The van der Waals surface area contributed by atoms with E-state index in [-0.39, 0.29) is 6.04 Å². The molecular formula is C17H21NS. The predicted octanol–water partition coefficient (Wildman–Crippen LogP) is 4.50. The summed E-state index contributed by atoms with van der Waals surface area (Å²) in [4.78, 5) is 1.34. The van der Waals surface area contributed by atoms with E-state index in [4.69, 9.17) is 5.73 Å². The van der Waals surface area contributed by atoms with E-state index < -0.39 is 0 Å². The van der Waals surface area contributed by atoms with Crippen LogP contribution in [-0.4, -0.2) is 5.75 Å². The maximum Gasteiger partial charge on any atom is 0.0321 e. The minimum absolute atomic E-state index is 0.137. The van der Waals surface area contributed by atoms with Crippen LogP contribution in [0.5, 0.6) is 0 Å². The molecule has 0 heterocycles. The fourth-order valence-corrected chi connectivity index (χ4v) is 3.14. The zero-order chi connectivity index (χ0) is 13.5. The standard InChI is InChI=1S/C17H21NS/c1-14(17(18)15-8-4-2-5-9-15)12-13-19-16-10-6-3-7-11-16/h2-11,14,17H,12-13,18H2,1H3. The van der Waals surface area contributed by atoms with Crippen LogP contribution in [-0.2, 0) is 0 Å².